The van der Waals surface area contributed by atoms with Crippen LogP contribution in [0, 0.1) is 0 Å². The lowest BCUT2D eigenvalue weighted by Crippen LogP contribution is -2.41. The molecular formula is C12H20N4O3S. The zero-order valence-electron chi connectivity index (χ0n) is 11.8. The van der Waals surface area contributed by atoms with E-state index in [-0.39, 0.29) is 35.6 Å². The number of likely N-dealkylation sites (N-methyl/N-ethyl adjacent to an activating group) is 1. The molecule has 7 nitrogen and oxygen atoms in total. The van der Waals surface area contributed by atoms with Gasteiger partial charge in [-0.25, -0.2) is 8.42 Å². The highest BCUT2D eigenvalue weighted by molar-refractivity contribution is 7.89. The van der Waals surface area contributed by atoms with E-state index in [1.165, 1.54) is 25.4 Å². The average Bonchev–Trinajstić information content (AvgIpc) is 2.37. The van der Waals surface area contributed by atoms with Gasteiger partial charge in [-0.1, -0.05) is 0 Å². The van der Waals surface area contributed by atoms with Crippen molar-refractivity contribution >= 4 is 15.9 Å². The fourth-order valence-corrected chi connectivity index (χ4v) is 2.94. The zero-order chi connectivity index (χ0) is 15.3. The number of aromatic nitrogens is 1. The van der Waals surface area contributed by atoms with Crippen molar-refractivity contribution in [2.75, 3.05) is 13.6 Å². The second-order valence-electron chi connectivity index (χ2n) is 4.64. The number of nitrogens with zero attached hydrogens (tertiary/aromatic N) is 2. The highest BCUT2D eigenvalue weighted by Crippen LogP contribution is 2.16. The standard InChI is InChI=1S/C12H20N4O3S/c1-9(2)15-12(17)8-16(3)20(18,19)11-5-4-6-14-10(11)7-13/h4-6,9H,7-8,13H2,1-3H3,(H,15,17). The van der Waals surface area contributed by atoms with Gasteiger partial charge in [-0.2, -0.15) is 4.31 Å². The Morgan fingerprint density at radius 1 is 1.50 bits per heavy atom. The first-order valence-electron chi connectivity index (χ1n) is 6.18. The summed E-state index contributed by atoms with van der Waals surface area (Å²) in [6.45, 7) is 3.38. The van der Waals surface area contributed by atoms with Crippen molar-refractivity contribution in [1.82, 2.24) is 14.6 Å². The molecular weight excluding hydrogens is 280 g/mol. The summed E-state index contributed by atoms with van der Waals surface area (Å²) in [5, 5.41) is 2.64. The molecule has 0 bridgehead atoms. The molecule has 0 aliphatic heterocycles. The topological polar surface area (TPSA) is 105 Å². The van der Waals surface area contributed by atoms with Crippen LogP contribution in [-0.4, -0.2) is 43.2 Å². The second kappa shape index (κ2) is 6.78. The summed E-state index contributed by atoms with van der Waals surface area (Å²) in [5.74, 6) is -0.357. The third-order valence-corrected chi connectivity index (χ3v) is 4.42. The van der Waals surface area contributed by atoms with E-state index in [4.69, 9.17) is 5.73 Å². The second-order valence-corrected chi connectivity index (χ2v) is 6.65. The van der Waals surface area contributed by atoms with Gasteiger partial charge in [0, 0.05) is 25.8 Å². The van der Waals surface area contributed by atoms with Crippen LogP contribution < -0.4 is 11.1 Å². The summed E-state index contributed by atoms with van der Waals surface area (Å²) in [5.41, 5.74) is 5.77. The fraction of sp³-hybridized carbons (Fsp3) is 0.500. The average molecular weight is 300 g/mol. The molecule has 0 aromatic carbocycles. The predicted molar refractivity (Wildman–Crippen MR) is 75.2 cm³/mol. The molecule has 0 spiro atoms. The van der Waals surface area contributed by atoms with Crippen LogP contribution in [0.3, 0.4) is 0 Å². The summed E-state index contributed by atoms with van der Waals surface area (Å²) in [6.07, 6.45) is 1.48. The van der Waals surface area contributed by atoms with Gasteiger partial charge in [-0.15, -0.1) is 0 Å². The van der Waals surface area contributed by atoms with Gasteiger partial charge in [-0.05, 0) is 26.0 Å². The fourth-order valence-electron chi connectivity index (χ4n) is 1.63. The minimum absolute atomic E-state index is 0.0153. The Balaban J connectivity index is 2.96. The molecule has 3 N–H and O–H groups in total. The number of nitrogens with one attached hydrogen (secondary N) is 1. The van der Waals surface area contributed by atoms with Crippen molar-refractivity contribution < 1.29 is 13.2 Å². The third-order valence-electron chi connectivity index (χ3n) is 2.55. The monoisotopic (exact) mass is 300 g/mol. The molecule has 1 aromatic heterocycles. The Bertz CT molecular complexity index is 572. The van der Waals surface area contributed by atoms with Crippen LogP contribution in [0.25, 0.3) is 0 Å². The third kappa shape index (κ3) is 3.99. The number of nitrogens with two attached hydrogens (primary N) is 1. The molecule has 1 aromatic rings. The van der Waals surface area contributed by atoms with E-state index in [1.54, 1.807) is 13.8 Å². The molecule has 0 radical (unpaired) electrons. The lowest BCUT2D eigenvalue weighted by Gasteiger charge is -2.19. The summed E-state index contributed by atoms with van der Waals surface area (Å²) < 4.78 is 25.8. The number of carbonyl (C=O) groups is 1. The number of hydrogen-bond donors (Lipinski definition) is 2. The van der Waals surface area contributed by atoms with Gasteiger partial charge in [0.25, 0.3) is 0 Å². The Morgan fingerprint density at radius 3 is 2.70 bits per heavy atom. The Morgan fingerprint density at radius 2 is 2.15 bits per heavy atom. The zero-order valence-corrected chi connectivity index (χ0v) is 12.6. The van der Waals surface area contributed by atoms with Gasteiger partial charge in [0.15, 0.2) is 0 Å². The van der Waals surface area contributed by atoms with Crippen LogP contribution in [0.5, 0.6) is 0 Å². The number of amides is 1. The van der Waals surface area contributed by atoms with Crippen molar-refractivity contribution in [2.45, 2.75) is 31.3 Å². The number of rotatable bonds is 6. The molecule has 20 heavy (non-hydrogen) atoms. The minimum Gasteiger partial charge on any atom is -0.353 e. The maximum atomic E-state index is 12.4. The maximum Gasteiger partial charge on any atom is 0.245 e. The summed E-state index contributed by atoms with van der Waals surface area (Å²) in [6, 6.07) is 2.91. The number of pyridine rings is 1. The van der Waals surface area contributed by atoms with Gasteiger partial charge in [0.2, 0.25) is 15.9 Å². The Hall–Kier alpha value is -1.51. The van der Waals surface area contributed by atoms with Crippen LogP contribution in [0.1, 0.15) is 19.5 Å². The van der Waals surface area contributed by atoms with E-state index in [0.29, 0.717) is 0 Å². The summed E-state index contributed by atoms with van der Waals surface area (Å²) in [7, 11) is -2.43. The van der Waals surface area contributed by atoms with E-state index in [2.05, 4.69) is 10.3 Å². The summed E-state index contributed by atoms with van der Waals surface area (Å²) >= 11 is 0. The molecule has 0 saturated carbocycles. The molecule has 0 fully saturated rings. The molecule has 0 unspecified atom stereocenters. The molecule has 1 heterocycles. The van der Waals surface area contributed by atoms with Gasteiger partial charge < -0.3 is 11.1 Å². The van der Waals surface area contributed by atoms with Crippen LogP contribution >= 0.6 is 0 Å². The van der Waals surface area contributed by atoms with E-state index in [0.717, 1.165) is 4.31 Å². The first-order valence-corrected chi connectivity index (χ1v) is 7.62. The van der Waals surface area contributed by atoms with Gasteiger partial charge >= 0.3 is 0 Å². The highest BCUT2D eigenvalue weighted by atomic mass is 32.2. The Kier molecular flexibility index (Phi) is 5.61. The van der Waals surface area contributed by atoms with Crippen LogP contribution in [0.2, 0.25) is 0 Å². The van der Waals surface area contributed by atoms with E-state index < -0.39 is 10.0 Å². The molecule has 0 aliphatic carbocycles. The molecule has 0 atom stereocenters. The molecule has 112 valence electrons. The van der Waals surface area contributed by atoms with Crippen molar-refractivity contribution in [3.8, 4) is 0 Å². The van der Waals surface area contributed by atoms with Crippen LogP contribution in [0.4, 0.5) is 0 Å². The molecule has 0 aliphatic rings. The summed E-state index contributed by atoms with van der Waals surface area (Å²) in [4.78, 5) is 15.6. The van der Waals surface area contributed by atoms with Crippen LogP contribution in [0.15, 0.2) is 23.2 Å². The van der Waals surface area contributed by atoms with Crippen molar-refractivity contribution in [3.63, 3.8) is 0 Å². The number of sulfonamides is 1. The minimum atomic E-state index is -3.78. The SMILES string of the molecule is CC(C)NC(=O)CN(C)S(=O)(=O)c1cccnc1CN. The first-order chi connectivity index (χ1) is 9.28. The van der Waals surface area contributed by atoms with E-state index >= 15 is 0 Å². The van der Waals surface area contributed by atoms with E-state index in [9.17, 15) is 13.2 Å². The molecule has 0 saturated heterocycles. The van der Waals surface area contributed by atoms with Crippen molar-refractivity contribution in [3.05, 3.63) is 24.0 Å². The lowest BCUT2D eigenvalue weighted by molar-refractivity contribution is -0.121. The van der Waals surface area contributed by atoms with Crippen LogP contribution in [-0.2, 0) is 21.4 Å². The molecule has 1 amide bonds. The van der Waals surface area contributed by atoms with Crippen molar-refractivity contribution in [1.29, 1.82) is 0 Å². The van der Waals surface area contributed by atoms with Gasteiger partial charge in [0.05, 0.1) is 12.2 Å². The van der Waals surface area contributed by atoms with Crippen molar-refractivity contribution in [2.24, 2.45) is 5.73 Å². The largest absolute Gasteiger partial charge is 0.353 e. The maximum absolute atomic E-state index is 12.4. The van der Waals surface area contributed by atoms with Gasteiger partial charge in [-0.3, -0.25) is 9.78 Å². The molecule has 8 heteroatoms. The highest BCUT2D eigenvalue weighted by Gasteiger charge is 2.25. The van der Waals surface area contributed by atoms with Gasteiger partial charge in [0.1, 0.15) is 4.90 Å². The van der Waals surface area contributed by atoms with E-state index in [1.807, 2.05) is 0 Å². The Labute approximate surface area is 119 Å². The smallest absolute Gasteiger partial charge is 0.245 e. The predicted octanol–water partition coefficient (Wildman–Crippen LogP) is -0.315. The first kappa shape index (κ1) is 16.5. The number of hydrogen-bond acceptors (Lipinski definition) is 5. The number of carbonyl (C=O) groups excluding carboxylic acids is 1. The normalized spacial score (nSPS) is 11.9. The quantitative estimate of drug-likeness (QED) is 0.749. The molecule has 1 rings (SSSR count). The lowest BCUT2D eigenvalue weighted by atomic mass is 10.3.